The maximum atomic E-state index is 13.2. The maximum absolute atomic E-state index is 13.2. The molecule has 0 aromatic heterocycles. The van der Waals surface area contributed by atoms with Crippen LogP contribution in [0.1, 0.15) is 32.1 Å². The number of halogens is 1. The standard InChI is InChI=1S/C20H25FN2O3/c21-16-3-1-4-17(11-16)26-13-18(24)23-10-8-20(14-23)7-2-9-22(19(20)25)12-15-5-6-15/h1,3-4,11,15H,2,5-10,12-14H2/t20-/m1/s1. The molecule has 0 bridgehead atoms. The van der Waals surface area contributed by atoms with Gasteiger partial charge >= 0.3 is 0 Å². The summed E-state index contributed by atoms with van der Waals surface area (Å²) in [6.45, 7) is 2.69. The number of carbonyl (C=O) groups excluding carboxylic acids is 2. The number of carbonyl (C=O) groups is 2. The molecule has 4 rings (SSSR count). The molecule has 3 fully saturated rings. The predicted molar refractivity (Wildman–Crippen MR) is 94.1 cm³/mol. The average molecular weight is 360 g/mol. The number of piperidine rings is 1. The van der Waals surface area contributed by atoms with Gasteiger partial charge in [-0.25, -0.2) is 4.39 Å². The van der Waals surface area contributed by atoms with Crippen LogP contribution in [0, 0.1) is 17.2 Å². The second-order valence-corrected chi connectivity index (χ2v) is 7.89. The summed E-state index contributed by atoms with van der Waals surface area (Å²) in [5.41, 5.74) is -0.401. The number of hydrogen-bond donors (Lipinski definition) is 0. The molecule has 6 heteroatoms. The highest BCUT2D eigenvalue weighted by molar-refractivity contribution is 5.86. The van der Waals surface area contributed by atoms with Crippen LogP contribution in [0.4, 0.5) is 4.39 Å². The number of rotatable bonds is 5. The molecule has 1 atom stereocenters. The first-order chi connectivity index (χ1) is 12.6. The van der Waals surface area contributed by atoms with E-state index in [1.165, 1.54) is 25.0 Å². The molecular weight excluding hydrogens is 335 g/mol. The van der Waals surface area contributed by atoms with E-state index >= 15 is 0 Å². The van der Waals surface area contributed by atoms with Gasteiger partial charge in [0.05, 0.1) is 5.41 Å². The lowest BCUT2D eigenvalue weighted by Gasteiger charge is -2.39. The Morgan fingerprint density at radius 3 is 2.88 bits per heavy atom. The van der Waals surface area contributed by atoms with E-state index in [0.29, 0.717) is 24.8 Å². The van der Waals surface area contributed by atoms with E-state index in [-0.39, 0.29) is 18.4 Å². The molecule has 26 heavy (non-hydrogen) atoms. The largest absolute Gasteiger partial charge is 0.484 e. The molecule has 1 aromatic rings. The first-order valence-corrected chi connectivity index (χ1v) is 9.51. The number of nitrogens with zero attached hydrogens (tertiary/aromatic N) is 2. The van der Waals surface area contributed by atoms with Crippen LogP contribution in [0.3, 0.4) is 0 Å². The summed E-state index contributed by atoms with van der Waals surface area (Å²) in [5, 5.41) is 0. The van der Waals surface area contributed by atoms with Crippen molar-refractivity contribution in [3.05, 3.63) is 30.1 Å². The Labute approximate surface area is 153 Å². The third-order valence-corrected chi connectivity index (χ3v) is 5.86. The van der Waals surface area contributed by atoms with Crippen molar-refractivity contribution in [3.63, 3.8) is 0 Å². The second-order valence-electron chi connectivity index (χ2n) is 7.89. The number of hydrogen-bond acceptors (Lipinski definition) is 3. The summed E-state index contributed by atoms with van der Waals surface area (Å²) in [6, 6.07) is 5.78. The van der Waals surface area contributed by atoms with Crippen LogP contribution in [-0.2, 0) is 9.59 Å². The van der Waals surface area contributed by atoms with E-state index in [9.17, 15) is 14.0 Å². The zero-order valence-electron chi connectivity index (χ0n) is 15.0. The molecule has 1 aromatic carbocycles. The van der Waals surface area contributed by atoms with Gasteiger partial charge in [-0.15, -0.1) is 0 Å². The molecule has 0 unspecified atom stereocenters. The lowest BCUT2D eigenvalue weighted by atomic mass is 9.78. The van der Waals surface area contributed by atoms with Crippen molar-refractivity contribution in [2.45, 2.75) is 32.1 Å². The van der Waals surface area contributed by atoms with E-state index in [4.69, 9.17) is 4.74 Å². The van der Waals surface area contributed by atoms with Gasteiger partial charge in [0.2, 0.25) is 5.91 Å². The molecule has 3 aliphatic rings. The zero-order valence-corrected chi connectivity index (χ0v) is 15.0. The van der Waals surface area contributed by atoms with Crippen molar-refractivity contribution in [1.82, 2.24) is 9.80 Å². The minimum absolute atomic E-state index is 0.125. The molecular formula is C20H25FN2O3. The average Bonchev–Trinajstić information content (AvgIpc) is 3.35. The highest BCUT2D eigenvalue weighted by Crippen LogP contribution is 2.41. The Morgan fingerprint density at radius 2 is 2.12 bits per heavy atom. The summed E-state index contributed by atoms with van der Waals surface area (Å²) in [4.78, 5) is 29.3. The monoisotopic (exact) mass is 360 g/mol. The van der Waals surface area contributed by atoms with Crippen molar-refractivity contribution >= 4 is 11.8 Å². The Morgan fingerprint density at radius 1 is 1.27 bits per heavy atom. The Bertz CT molecular complexity index is 706. The fraction of sp³-hybridized carbons (Fsp3) is 0.600. The van der Waals surface area contributed by atoms with Gasteiger partial charge in [0.25, 0.3) is 5.91 Å². The number of amides is 2. The zero-order chi connectivity index (χ0) is 18.1. The topological polar surface area (TPSA) is 49.9 Å². The minimum atomic E-state index is -0.401. The van der Waals surface area contributed by atoms with Gasteiger partial charge in [0, 0.05) is 32.2 Å². The summed E-state index contributed by atoms with van der Waals surface area (Å²) in [6.07, 6.45) is 5.08. The molecule has 0 N–H and O–H groups in total. The van der Waals surface area contributed by atoms with Crippen molar-refractivity contribution < 1.29 is 18.7 Å². The lowest BCUT2D eigenvalue weighted by Crippen LogP contribution is -2.51. The van der Waals surface area contributed by atoms with E-state index in [1.807, 2.05) is 4.90 Å². The SMILES string of the molecule is O=C(COc1cccc(F)c1)N1CC[C@]2(CCCN(CC3CC3)C2=O)C1. The third-order valence-electron chi connectivity index (χ3n) is 5.86. The van der Waals surface area contributed by atoms with Crippen LogP contribution in [0.15, 0.2) is 24.3 Å². The van der Waals surface area contributed by atoms with Gasteiger partial charge in [-0.3, -0.25) is 9.59 Å². The summed E-state index contributed by atoms with van der Waals surface area (Å²) in [7, 11) is 0. The van der Waals surface area contributed by atoms with Crippen LogP contribution >= 0.6 is 0 Å². The van der Waals surface area contributed by atoms with Gasteiger partial charge in [0.1, 0.15) is 11.6 Å². The molecule has 5 nitrogen and oxygen atoms in total. The molecule has 2 aliphatic heterocycles. The molecule has 2 amide bonds. The summed E-state index contributed by atoms with van der Waals surface area (Å²) >= 11 is 0. The molecule has 0 radical (unpaired) electrons. The van der Waals surface area contributed by atoms with E-state index < -0.39 is 11.2 Å². The smallest absolute Gasteiger partial charge is 0.260 e. The van der Waals surface area contributed by atoms with Gasteiger partial charge in [-0.2, -0.15) is 0 Å². The quantitative estimate of drug-likeness (QED) is 0.810. The summed E-state index contributed by atoms with van der Waals surface area (Å²) in [5.74, 6) is 0.735. The van der Waals surface area contributed by atoms with Crippen molar-refractivity contribution in [2.75, 3.05) is 32.8 Å². The molecule has 2 heterocycles. The number of ether oxygens (including phenoxy) is 1. The molecule has 1 saturated carbocycles. The molecule has 2 saturated heterocycles. The fourth-order valence-corrected chi connectivity index (χ4v) is 4.20. The highest BCUT2D eigenvalue weighted by atomic mass is 19.1. The normalized spacial score (nSPS) is 25.8. The second kappa shape index (κ2) is 6.89. The van der Waals surface area contributed by atoms with Crippen molar-refractivity contribution in [1.29, 1.82) is 0 Å². The summed E-state index contributed by atoms with van der Waals surface area (Å²) < 4.78 is 18.6. The lowest BCUT2D eigenvalue weighted by molar-refractivity contribution is -0.146. The van der Waals surface area contributed by atoms with E-state index in [1.54, 1.807) is 17.0 Å². The third kappa shape index (κ3) is 3.55. The van der Waals surface area contributed by atoms with E-state index in [2.05, 4.69) is 0 Å². The van der Waals surface area contributed by atoms with Crippen LogP contribution in [-0.4, -0.2) is 54.4 Å². The number of likely N-dealkylation sites (tertiary alicyclic amines) is 2. The predicted octanol–water partition coefficient (Wildman–Crippen LogP) is 2.46. The van der Waals surface area contributed by atoms with Crippen LogP contribution < -0.4 is 4.74 Å². The van der Waals surface area contributed by atoms with Crippen molar-refractivity contribution in [2.24, 2.45) is 11.3 Å². The van der Waals surface area contributed by atoms with Gasteiger partial charge < -0.3 is 14.5 Å². The maximum Gasteiger partial charge on any atom is 0.260 e. The first-order valence-electron chi connectivity index (χ1n) is 9.51. The van der Waals surface area contributed by atoms with Crippen LogP contribution in [0.2, 0.25) is 0 Å². The van der Waals surface area contributed by atoms with Gasteiger partial charge in [0.15, 0.2) is 6.61 Å². The van der Waals surface area contributed by atoms with Crippen molar-refractivity contribution in [3.8, 4) is 5.75 Å². The number of benzene rings is 1. The Balaban J connectivity index is 1.34. The fourth-order valence-electron chi connectivity index (χ4n) is 4.20. The van der Waals surface area contributed by atoms with Crippen LogP contribution in [0.25, 0.3) is 0 Å². The molecule has 1 aliphatic carbocycles. The molecule has 1 spiro atoms. The Hall–Kier alpha value is -2.11. The van der Waals surface area contributed by atoms with Crippen LogP contribution in [0.5, 0.6) is 5.75 Å². The first kappa shape index (κ1) is 17.3. The Kier molecular flexibility index (Phi) is 4.59. The minimum Gasteiger partial charge on any atom is -0.484 e. The van der Waals surface area contributed by atoms with Gasteiger partial charge in [-0.1, -0.05) is 6.07 Å². The highest BCUT2D eigenvalue weighted by Gasteiger charge is 2.49. The van der Waals surface area contributed by atoms with E-state index in [0.717, 1.165) is 32.4 Å². The molecule has 140 valence electrons. The van der Waals surface area contributed by atoms with Gasteiger partial charge in [-0.05, 0) is 50.2 Å².